The lowest BCUT2D eigenvalue weighted by molar-refractivity contribution is -0.124. The van der Waals surface area contributed by atoms with E-state index in [-0.39, 0.29) is 39.8 Å². The molecule has 234 valence electrons. The Morgan fingerprint density at radius 2 is 1.81 bits per heavy atom. The van der Waals surface area contributed by atoms with Gasteiger partial charge in [-0.2, -0.15) is 0 Å². The summed E-state index contributed by atoms with van der Waals surface area (Å²) in [6.45, 7) is 6.59. The van der Waals surface area contributed by atoms with Crippen LogP contribution in [0, 0.1) is 17.2 Å². The van der Waals surface area contributed by atoms with Gasteiger partial charge in [0.1, 0.15) is 11.2 Å². The Kier molecular flexibility index (Phi) is 8.92. The topological polar surface area (TPSA) is 116 Å². The van der Waals surface area contributed by atoms with Gasteiger partial charge in [0.05, 0.1) is 17.3 Å². The predicted octanol–water partition coefficient (Wildman–Crippen LogP) is 5.11. The number of hydrogen-bond acceptors (Lipinski definition) is 5. The molecule has 0 aromatic heterocycles. The first kappa shape index (κ1) is 32.2. The quantitative estimate of drug-likeness (QED) is 0.332. The molecule has 2 aliphatic heterocycles. The highest BCUT2D eigenvalue weighted by Gasteiger charge is 2.66. The third-order valence-corrected chi connectivity index (χ3v) is 10.3. The van der Waals surface area contributed by atoms with Crippen molar-refractivity contribution in [3.63, 3.8) is 0 Å². The molecule has 1 spiro atoms. The summed E-state index contributed by atoms with van der Waals surface area (Å²) in [5.41, 5.74) is -0.134. The first-order valence-corrected chi connectivity index (χ1v) is 17.3. The van der Waals surface area contributed by atoms with Crippen LogP contribution in [-0.2, 0) is 25.0 Å². The number of benzene rings is 2. The van der Waals surface area contributed by atoms with Gasteiger partial charge < -0.3 is 16.0 Å². The fourth-order valence-electron chi connectivity index (χ4n) is 7.29. The molecular weight excluding hydrogens is 614 g/mol. The number of carbonyl (C=O) groups excluding carboxylic acids is 2. The molecule has 4 N–H and O–H groups in total. The number of carbonyl (C=O) groups is 2. The molecule has 2 aromatic rings. The molecule has 3 aliphatic rings. The highest BCUT2D eigenvalue weighted by molar-refractivity contribution is 7.88. The molecular formula is C31H39Cl2FN4O4S. The second kappa shape index (κ2) is 11.9. The van der Waals surface area contributed by atoms with Gasteiger partial charge in [0.25, 0.3) is 0 Å². The van der Waals surface area contributed by atoms with E-state index in [9.17, 15) is 18.0 Å². The molecule has 0 radical (unpaired) electrons. The van der Waals surface area contributed by atoms with E-state index < -0.39 is 39.3 Å². The maximum absolute atomic E-state index is 15.9. The van der Waals surface area contributed by atoms with Crippen LogP contribution in [0.1, 0.15) is 69.9 Å². The average Bonchev–Trinajstić information content (AvgIpc) is 3.37. The third kappa shape index (κ3) is 6.45. The molecule has 1 aliphatic carbocycles. The smallest absolute Gasteiger partial charge is 0.237 e. The van der Waals surface area contributed by atoms with E-state index in [2.05, 4.69) is 41.4 Å². The van der Waals surface area contributed by atoms with Gasteiger partial charge in [0.2, 0.25) is 21.8 Å². The van der Waals surface area contributed by atoms with Crippen molar-refractivity contribution in [1.82, 2.24) is 15.4 Å². The van der Waals surface area contributed by atoms with Gasteiger partial charge in [-0.3, -0.25) is 9.59 Å². The van der Waals surface area contributed by atoms with Crippen LogP contribution in [0.2, 0.25) is 10.0 Å². The van der Waals surface area contributed by atoms with Crippen molar-refractivity contribution in [2.45, 2.75) is 82.3 Å². The van der Waals surface area contributed by atoms with Crippen molar-refractivity contribution in [2.24, 2.45) is 11.3 Å². The Balaban J connectivity index is 1.50. The van der Waals surface area contributed by atoms with Gasteiger partial charge in [-0.15, -0.1) is 0 Å². The van der Waals surface area contributed by atoms with Crippen molar-refractivity contribution < 1.29 is 22.4 Å². The molecule has 0 unspecified atom stereocenters. The maximum atomic E-state index is 15.9. The number of hydrogen-bond donors (Lipinski definition) is 4. The Morgan fingerprint density at radius 3 is 2.47 bits per heavy atom. The summed E-state index contributed by atoms with van der Waals surface area (Å²) in [5, 5.41) is 9.93. The zero-order valence-electron chi connectivity index (χ0n) is 24.8. The number of sulfonamides is 1. The van der Waals surface area contributed by atoms with Crippen LogP contribution in [0.15, 0.2) is 36.4 Å². The lowest BCUT2D eigenvalue weighted by atomic mass is 9.62. The molecule has 2 aromatic carbocycles. The zero-order chi connectivity index (χ0) is 31.3. The SMILES string of the molecule is CC(C)(C)C[C@H]1N[C@@H](C(=O)NCC2CCC(NS(C)(=O)=O)CC2)[C@H](c2cccc(Cl)c2F)[C@@]12C(=O)Nc1cc(Cl)ccc12. The Bertz CT molecular complexity index is 1520. The van der Waals surface area contributed by atoms with Gasteiger partial charge in [-0.1, -0.05) is 62.2 Å². The fraction of sp³-hybridized carbons (Fsp3) is 0.548. The minimum atomic E-state index is -3.28. The van der Waals surface area contributed by atoms with Crippen LogP contribution in [0.3, 0.4) is 0 Å². The summed E-state index contributed by atoms with van der Waals surface area (Å²) >= 11 is 12.6. The second-order valence-electron chi connectivity index (χ2n) is 13.4. The van der Waals surface area contributed by atoms with Gasteiger partial charge in [0.15, 0.2) is 0 Å². The van der Waals surface area contributed by atoms with Gasteiger partial charge >= 0.3 is 0 Å². The van der Waals surface area contributed by atoms with Crippen LogP contribution < -0.4 is 20.7 Å². The van der Waals surface area contributed by atoms with Crippen LogP contribution >= 0.6 is 23.2 Å². The van der Waals surface area contributed by atoms with Crippen molar-refractivity contribution in [3.8, 4) is 0 Å². The largest absolute Gasteiger partial charge is 0.354 e. The van der Waals surface area contributed by atoms with Gasteiger partial charge in [-0.05, 0) is 72.8 Å². The van der Waals surface area contributed by atoms with E-state index >= 15 is 4.39 Å². The number of anilines is 1. The Labute approximate surface area is 262 Å². The van der Waals surface area contributed by atoms with E-state index in [1.165, 1.54) is 6.07 Å². The maximum Gasteiger partial charge on any atom is 0.237 e. The molecule has 8 nitrogen and oxygen atoms in total. The number of halogens is 3. The Hall–Kier alpha value is -2.24. The lowest BCUT2D eigenvalue weighted by Gasteiger charge is -2.37. The van der Waals surface area contributed by atoms with Crippen LogP contribution in [-0.4, -0.2) is 51.2 Å². The molecule has 4 atom stereocenters. The molecule has 1 saturated carbocycles. The highest BCUT2D eigenvalue weighted by atomic mass is 35.5. The summed E-state index contributed by atoms with van der Waals surface area (Å²) in [4.78, 5) is 28.3. The standard InChI is InChI=1S/C31H39Cl2FN4O4S/c1-30(2,3)15-24-31(21-13-10-18(32)14-23(21)36-29(31)40)25(20-6-5-7-22(33)26(20)34)27(37-24)28(39)35-16-17-8-11-19(12-9-17)38-43(4,41)42/h5-7,10,13-14,17,19,24-25,27,37-38H,8-9,11-12,15-16H2,1-4H3,(H,35,39)(H,36,40)/t17?,19?,24-,25+,27-,31+/m1/s1. The van der Waals surface area contributed by atoms with Crippen LogP contribution in [0.4, 0.5) is 10.1 Å². The molecule has 2 amide bonds. The molecule has 2 heterocycles. The van der Waals surface area contributed by atoms with Crippen LogP contribution in [0.25, 0.3) is 0 Å². The summed E-state index contributed by atoms with van der Waals surface area (Å²) in [7, 11) is -3.28. The minimum absolute atomic E-state index is 0.0831. The normalized spacial score (nSPS) is 29.0. The van der Waals surface area contributed by atoms with E-state index in [1.807, 2.05) is 0 Å². The lowest BCUT2D eigenvalue weighted by Crippen LogP contribution is -2.49. The number of amides is 2. The van der Waals surface area contributed by atoms with Gasteiger partial charge in [0, 0.05) is 35.3 Å². The predicted molar refractivity (Wildman–Crippen MR) is 167 cm³/mol. The number of nitrogens with one attached hydrogen (secondary N) is 4. The summed E-state index contributed by atoms with van der Waals surface area (Å²) in [5.74, 6) is -2.04. The van der Waals surface area contributed by atoms with Crippen molar-refractivity contribution in [3.05, 3.63) is 63.4 Å². The van der Waals surface area contributed by atoms with Gasteiger partial charge in [-0.25, -0.2) is 17.5 Å². The molecule has 43 heavy (non-hydrogen) atoms. The molecule has 1 saturated heterocycles. The van der Waals surface area contributed by atoms with Crippen LogP contribution in [0.5, 0.6) is 0 Å². The molecule has 12 heteroatoms. The van der Waals surface area contributed by atoms with E-state index in [0.29, 0.717) is 42.1 Å². The van der Waals surface area contributed by atoms with E-state index in [4.69, 9.17) is 23.2 Å². The molecule has 0 bridgehead atoms. The van der Waals surface area contributed by atoms with Crippen molar-refractivity contribution >= 4 is 50.7 Å². The second-order valence-corrected chi connectivity index (χ2v) is 16.1. The first-order valence-electron chi connectivity index (χ1n) is 14.7. The summed E-state index contributed by atoms with van der Waals surface area (Å²) in [6, 6.07) is 8.34. The van der Waals surface area contributed by atoms with Crippen molar-refractivity contribution in [2.75, 3.05) is 18.1 Å². The number of rotatable bonds is 7. The first-order chi connectivity index (χ1) is 20.1. The van der Waals surface area contributed by atoms with E-state index in [1.54, 1.807) is 30.3 Å². The third-order valence-electron chi connectivity index (χ3n) is 9.01. The van der Waals surface area contributed by atoms with E-state index in [0.717, 1.165) is 19.1 Å². The zero-order valence-corrected chi connectivity index (χ0v) is 27.1. The molecule has 2 fully saturated rings. The average molecular weight is 654 g/mol. The monoisotopic (exact) mass is 652 g/mol. The Morgan fingerprint density at radius 1 is 1.12 bits per heavy atom. The minimum Gasteiger partial charge on any atom is -0.354 e. The summed E-state index contributed by atoms with van der Waals surface area (Å²) in [6.07, 6.45) is 4.56. The van der Waals surface area contributed by atoms with Crippen molar-refractivity contribution in [1.29, 1.82) is 0 Å². The number of fused-ring (bicyclic) bond motifs is 2. The fourth-order valence-corrected chi connectivity index (χ4v) is 8.49. The molecule has 5 rings (SSSR count). The highest BCUT2D eigenvalue weighted by Crippen LogP contribution is 2.57. The summed E-state index contributed by atoms with van der Waals surface area (Å²) < 4.78 is 41.8.